The van der Waals surface area contributed by atoms with E-state index < -0.39 is 0 Å². The van der Waals surface area contributed by atoms with Crippen molar-refractivity contribution in [3.8, 4) is 11.5 Å². The SMILES string of the molecule is COc1ccc(Cn2nnnc2CN(CCc2ccccc2)Cc2cc3cc(OC)ccc3[nH]c2=O)cc1. The number of benzene rings is 3. The number of pyridine rings is 1. The molecule has 0 aliphatic heterocycles. The summed E-state index contributed by atoms with van der Waals surface area (Å²) < 4.78 is 12.4. The molecule has 9 nitrogen and oxygen atoms in total. The number of tetrazole rings is 1. The number of methoxy groups -OCH3 is 2. The number of rotatable bonds is 11. The Morgan fingerprint density at radius 3 is 2.39 bits per heavy atom. The van der Waals surface area contributed by atoms with E-state index in [1.807, 2.05) is 66.7 Å². The third kappa shape index (κ3) is 6.07. The second kappa shape index (κ2) is 11.7. The average molecular weight is 511 g/mol. The number of aromatic amines is 1. The third-order valence-electron chi connectivity index (χ3n) is 6.54. The van der Waals surface area contributed by atoms with E-state index in [1.165, 1.54) is 5.56 Å². The summed E-state index contributed by atoms with van der Waals surface area (Å²) in [4.78, 5) is 18.2. The molecule has 0 fully saturated rings. The van der Waals surface area contributed by atoms with Crippen molar-refractivity contribution < 1.29 is 9.47 Å². The zero-order valence-corrected chi connectivity index (χ0v) is 21.5. The van der Waals surface area contributed by atoms with Gasteiger partial charge in [-0.15, -0.1) is 5.10 Å². The number of nitrogens with one attached hydrogen (secondary N) is 1. The molecule has 5 aromatic rings. The summed E-state index contributed by atoms with van der Waals surface area (Å²) >= 11 is 0. The van der Waals surface area contributed by atoms with Crippen LogP contribution >= 0.6 is 0 Å². The van der Waals surface area contributed by atoms with E-state index in [1.54, 1.807) is 18.9 Å². The highest BCUT2D eigenvalue weighted by atomic mass is 16.5. The molecule has 1 N–H and O–H groups in total. The predicted octanol–water partition coefficient (Wildman–Crippen LogP) is 3.83. The van der Waals surface area contributed by atoms with E-state index in [2.05, 4.69) is 37.5 Å². The molecule has 0 atom stereocenters. The molecule has 0 saturated heterocycles. The first-order valence-corrected chi connectivity index (χ1v) is 12.5. The van der Waals surface area contributed by atoms with Gasteiger partial charge >= 0.3 is 0 Å². The molecule has 2 heterocycles. The normalized spacial score (nSPS) is 11.2. The maximum Gasteiger partial charge on any atom is 0.252 e. The average Bonchev–Trinajstić information content (AvgIpc) is 3.39. The Kier molecular flexibility index (Phi) is 7.75. The summed E-state index contributed by atoms with van der Waals surface area (Å²) in [5.41, 5.74) is 3.64. The molecular formula is C29H30N6O3. The van der Waals surface area contributed by atoms with Crippen LogP contribution in [0.3, 0.4) is 0 Å². The van der Waals surface area contributed by atoms with Crippen LogP contribution in [0.25, 0.3) is 10.9 Å². The largest absolute Gasteiger partial charge is 0.497 e. The number of fused-ring (bicyclic) bond motifs is 1. The van der Waals surface area contributed by atoms with E-state index in [0.717, 1.165) is 46.8 Å². The fourth-order valence-electron chi connectivity index (χ4n) is 4.42. The summed E-state index contributed by atoms with van der Waals surface area (Å²) in [6.07, 6.45) is 0.834. The van der Waals surface area contributed by atoms with Crippen molar-refractivity contribution in [3.05, 3.63) is 112 Å². The molecule has 0 aliphatic carbocycles. The highest BCUT2D eigenvalue weighted by Gasteiger charge is 2.16. The third-order valence-corrected chi connectivity index (χ3v) is 6.54. The van der Waals surface area contributed by atoms with Crippen LogP contribution in [0.5, 0.6) is 11.5 Å². The molecule has 2 aromatic heterocycles. The maximum absolute atomic E-state index is 13.0. The van der Waals surface area contributed by atoms with Crippen molar-refractivity contribution in [2.75, 3.05) is 20.8 Å². The van der Waals surface area contributed by atoms with E-state index in [-0.39, 0.29) is 5.56 Å². The number of hydrogen-bond acceptors (Lipinski definition) is 7. The van der Waals surface area contributed by atoms with E-state index in [9.17, 15) is 4.79 Å². The van der Waals surface area contributed by atoms with Crippen LogP contribution in [0.4, 0.5) is 0 Å². The summed E-state index contributed by atoms with van der Waals surface area (Å²) in [5, 5.41) is 13.4. The zero-order chi connectivity index (χ0) is 26.3. The summed E-state index contributed by atoms with van der Waals surface area (Å²) in [5.74, 6) is 2.28. The first-order chi connectivity index (χ1) is 18.6. The van der Waals surface area contributed by atoms with Crippen molar-refractivity contribution in [3.63, 3.8) is 0 Å². The van der Waals surface area contributed by atoms with Gasteiger partial charge in [-0.25, -0.2) is 4.68 Å². The van der Waals surface area contributed by atoms with Gasteiger partial charge in [0.1, 0.15) is 11.5 Å². The van der Waals surface area contributed by atoms with Crippen molar-refractivity contribution in [2.45, 2.75) is 26.1 Å². The Hall–Kier alpha value is -4.50. The minimum absolute atomic E-state index is 0.106. The fraction of sp³-hybridized carbons (Fsp3) is 0.241. The first-order valence-electron chi connectivity index (χ1n) is 12.5. The van der Waals surface area contributed by atoms with Gasteiger partial charge in [-0.3, -0.25) is 9.69 Å². The molecule has 3 aromatic carbocycles. The summed E-state index contributed by atoms with van der Waals surface area (Å²) in [7, 11) is 3.28. The first kappa shape index (κ1) is 25.2. The van der Waals surface area contributed by atoms with Gasteiger partial charge in [0.15, 0.2) is 5.82 Å². The smallest absolute Gasteiger partial charge is 0.252 e. The van der Waals surface area contributed by atoms with Gasteiger partial charge in [-0.05, 0) is 64.4 Å². The van der Waals surface area contributed by atoms with Crippen molar-refractivity contribution in [2.24, 2.45) is 0 Å². The molecule has 0 saturated carbocycles. The second-order valence-electron chi connectivity index (χ2n) is 9.12. The molecule has 0 unspecified atom stereocenters. The van der Waals surface area contributed by atoms with Crippen LogP contribution in [-0.2, 0) is 26.1 Å². The van der Waals surface area contributed by atoms with Gasteiger partial charge < -0.3 is 14.5 Å². The van der Waals surface area contributed by atoms with Crippen LogP contribution in [0.1, 0.15) is 22.5 Å². The Morgan fingerprint density at radius 1 is 0.868 bits per heavy atom. The molecule has 9 heteroatoms. The van der Waals surface area contributed by atoms with Gasteiger partial charge in [0.2, 0.25) is 0 Å². The Morgan fingerprint density at radius 2 is 1.63 bits per heavy atom. The zero-order valence-electron chi connectivity index (χ0n) is 21.5. The highest BCUT2D eigenvalue weighted by molar-refractivity contribution is 5.80. The number of nitrogens with zero attached hydrogens (tertiary/aromatic N) is 5. The highest BCUT2D eigenvalue weighted by Crippen LogP contribution is 2.20. The van der Waals surface area contributed by atoms with E-state index in [0.29, 0.717) is 25.2 Å². The van der Waals surface area contributed by atoms with Crippen molar-refractivity contribution in [1.82, 2.24) is 30.1 Å². The van der Waals surface area contributed by atoms with Crippen LogP contribution < -0.4 is 15.0 Å². The summed E-state index contributed by atoms with van der Waals surface area (Å²) in [6.45, 7) is 2.21. The van der Waals surface area contributed by atoms with Gasteiger partial charge in [-0.1, -0.05) is 42.5 Å². The molecule has 5 rings (SSSR count). The van der Waals surface area contributed by atoms with Gasteiger partial charge in [0, 0.05) is 29.6 Å². The van der Waals surface area contributed by atoms with Gasteiger partial charge in [-0.2, -0.15) is 0 Å². The lowest BCUT2D eigenvalue weighted by Gasteiger charge is -2.22. The minimum atomic E-state index is -0.106. The summed E-state index contributed by atoms with van der Waals surface area (Å²) in [6, 6.07) is 25.7. The topological polar surface area (TPSA) is 98.2 Å². The molecule has 0 amide bonds. The fourth-order valence-corrected chi connectivity index (χ4v) is 4.42. The number of ether oxygens (including phenoxy) is 2. The van der Waals surface area contributed by atoms with Crippen molar-refractivity contribution >= 4 is 10.9 Å². The number of hydrogen-bond donors (Lipinski definition) is 1. The van der Waals surface area contributed by atoms with E-state index in [4.69, 9.17) is 9.47 Å². The van der Waals surface area contributed by atoms with E-state index >= 15 is 0 Å². The lowest BCUT2D eigenvalue weighted by atomic mass is 10.1. The molecule has 194 valence electrons. The van der Waals surface area contributed by atoms with Gasteiger partial charge in [0.25, 0.3) is 5.56 Å². The minimum Gasteiger partial charge on any atom is -0.497 e. The molecular weight excluding hydrogens is 480 g/mol. The molecule has 0 radical (unpaired) electrons. The van der Waals surface area contributed by atoms with Crippen molar-refractivity contribution in [1.29, 1.82) is 0 Å². The molecule has 0 aliphatic rings. The standard InChI is InChI=1S/C29H30N6O3/c1-37-25-10-8-22(9-11-25)18-35-28(31-32-33-35)20-34(15-14-21-6-4-3-5-7-21)19-24-16-23-17-26(38-2)12-13-27(23)30-29(24)36/h3-13,16-17H,14-15,18-20H2,1-2H3,(H,30,36). The Bertz CT molecular complexity index is 1550. The lowest BCUT2D eigenvalue weighted by molar-refractivity contribution is 0.248. The Labute approximate surface area is 220 Å². The predicted molar refractivity (Wildman–Crippen MR) is 145 cm³/mol. The molecule has 0 bridgehead atoms. The van der Waals surface area contributed by atoms with Crippen LogP contribution in [0, 0.1) is 0 Å². The van der Waals surface area contributed by atoms with Crippen LogP contribution in [0.15, 0.2) is 83.7 Å². The molecule has 0 spiro atoms. The second-order valence-corrected chi connectivity index (χ2v) is 9.12. The molecule has 38 heavy (non-hydrogen) atoms. The Balaban J connectivity index is 1.39. The van der Waals surface area contributed by atoms with Crippen LogP contribution in [-0.4, -0.2) is 50.9 Å². The maximum atomic E-state index is 13.0. The number of H-pyrrole nitrogens is 1. The quantitative estimate of drug-likeness (QED) is 0.288. The van der Waals surface area contributed by atoms with Crippen LogP contribution in [0.2, 0.25) is 0 Å². The van der Waals surface area contributed by atoms with Gasteiger partial charge in [0.05, 0.1) is 27.3 Å². The number of aromatic nitrogens is 5. The lowest BCUT2D eigenvalue weighted by Crippen LogP contribution is -2.30. The monoisotopic (exact) mass is 510 g/mol.